The topological polar surface area (TPSA) is 57.5 Å². The van der Waals surface area contributed by atoms with Crippen LogP contribution >= 0.6 is 0 Å². The van der Waals surface area contributed by atoms with Crippen molar-refractivity contribution >= 4 is 5.97 Å². The van der Waals surface area contributed by atoms with E-state index in [1.165, 1.54) is 38.5 Å². The standard InChI is InChI=1S/C25H24O3/c26-23-7-6-21(20-4-1-16(2-5-20)3-8-24(27)28)12-22(23)25-13-17-9-18(14-25)11-19(10-17)15-25/h1-2,4-7,12,17-19,26H,9-11,13-15H2,(H,27,28). The van der Waals surface area contributed by atoms with Crippen LogP contribution < -0.4 is 0 Å². The first-order chi connectivity index (χ1) is 13.5. The molecule has 2 aromatic carbocycles. The first-order valence-electron chi connectivity index (χ1n) is 10.2. The van der Waals surface area contributed by atoms with Crippen LogP contribution in [0.5, 0.6) is 5.75 Å². The Balaban J connectivity index is 1.49. The maximum absolute atomic E-state index is 10.7. The second-order valence-corrected chi connectivity index (χ2v) is 9.06. The molecule has 2 aromatic rings. The van der Waals surface area contributed by atoms with Crippen LogP contribution in [0.1, 0.15) is 49.7 Å². The van der Waals surface area contributed by atoms with E-state index in [0.29, 0.717) is 11.3 Å². The average molecular weight is 372 g/mol. The number of aromatic hydroxyl groups is 1. The molecule has 4 saturated carbocycles. The zero-order chi connectivity index (χ0) is 19.3. The minimum absolute atomic E-state index is 0.155. The van der Waals surface area contributed by atoms with E-state index in [4.69, 9.17) is 5.11 Å². The van der Waals surface area contributed by atoms with Gasteiger partial charge in [0.25, 0.3) is 0 Å². The number of benzene rings is 2. The summed E-state index contributed by atoms with van der Waals surface area (Å²) in [5.41, 5.74) is 4.14. The van der Waals surface area contributed by atoms with Gasteiger partial charge in [0.15, 0.2) is 0 Å². The Labute approximate surface area is 165 Å². The zero-order valence-electron chi connectivity index (χ0n) is 15.8. The van der Waals surface area contributed by atoms with Gasteiger partial charge in [0, 0.05) is 17.0 Å². The van der Waals surface area contributed by atoms with Crippen LogP contribution in [0.3, 0.4) is 0 Å². The lowest BCUT2D eigenvalue weighted by Gasteiger charge is -2.57. The van der Waals surface area contributed by atoms with E-state index in [9.17, 15) is 9.90 Å². The Kier molecular flexibility index (Phi) is 3.98. The smallest absolute Gasteiger partial charge is 0.382 e. The highest BCUT2D eigenvalue weighted by Crippen LogP contribution is 2.62. The molecule has 4 fully saturated rings. The molecule has 0 amide bonds. The molecule has 0 aromatic heterocycles. The molecule has 142 valence electrons. The summed E-state index contributed by atoms with van der Waals surface area (Å²) in [5, 5.41) is 19.4. The van der Waals surface area contributed by atoms with E-state index in [0.717, 1.165) is 34.4 Å². The third-order valence-electron chi connectivity index (χ3n) is 7.14. The number of carbonyl (C=O) groups is 1. The third kappa shape index (κ3) is 2.98. The number of hydrogen-bond donors (Lipinski definition) is 2. The average Bonchev–Trinajstić information content (AvgIpc) is 2.66. The fourth-order valence-corrected chi connectivity index (χ4v) is 6.45. The lowest BCUT2D eigenvalue weighted by atomic mass is 9.48. The predicted molar refractivity (Wildman–Crippen MR) is 108 cm³/mol. The molecular formula is C25H24O3. The Bertz CT molecular complexity index is 955. The van der Waals surface area contributed by atoms with Gasteiger partial charge in [0.2, 0.25) is 0 Å². The molecule has 0 saturated heterocycles. The summed E-state index contributed by atoms with van der Waals surface area (Å²) in [6, 6.07) is 13.7. The fraction of sp³-hybridized carbons (Fsp3) is 0.400. The maximum atomic E-state index is 10.7. The van der Waals surface area contributed by atoms with Gasteiger partial charge in [-0.2, -0.15) is 0 Å². The number of phenols is 1. The largest absolute Gasteiger partial charge is 0.508 e. The summed E-state index contributed by atoms with van der Waals surface area (Å²) < 4.78 is 0. The lowest BCUT2D eigenvalue weighted by molar-refractivity contribution is -0.130. The number of aliphatic carboxylic acids is 1. The zero-order valence-corrected chi connectivity index (χ0v) is 15.8. The maximum Gasteiger partial charge on any atom is 0.382 e. The van der Waals surface area contributed by atoms with Crippen LogP contribution in [0.4, 0.5) is 0 Å². The first-order valence-corrected chi connectivity index (χ1v) is 10.2. The molecule has 3 heteroatoms. The summed E-state index contributed by atoms with van der Waals surface area (Å²) in [5.74, 6) is 6.61. The van der Waals surface area contributed by atoms with Gasteiger partial charge in [-0.25, -0.2) is 4.79 Å². The number of rotatable bonds is 2. The molecule has 2 N–H and O–H groups in total. The molecule has 0 heterocycles. The Morgan fingerprint density at radius 1 is 0.893 bits per heavy atom. The van der Waals surface area contributed by atoms with Crippen molar-refractivity contribution < 1.29 is 15.0 Å². The molecule has 4 bridgehead atoms. The van der Waals surface area contributed by atoms with Crippen molar-refractivity contribution in [3.63, 3.8) is 0 Å². The third-order valence-corrected chi connectivity index (χ3v) is 7.14. The van der Waals surface area contributed by atoms with Gasteiger partial charge < -0.3 is 10.2 Å². The Hall–Kier alpha value is -2.73. The lowest BCUT2D eigenvalue weighted by Crippen LogP contribution is -2.48. The summed E-state index contributed by atoms with van der Waals surface area (Å²) in [6.45, 7) is 0. The van der Waals surface area contributed by atoms with Crippen molar-refractivity contribution in [2.75, 3.05) is 0 Å². The second kappa shape index (κ2) is 6.41. The van der Waals surface area contributed by atoms with E-state index in [1.807, 2.05) is 36.4 Å². The highest BCUT2D eigenvalue weighted by atomic mass is 16.4. The van der Waals surface area contributed by atoms with Crippen molar-refractivity contribution in [1.82, 2.24) is 0 Å². The van der Waals surface area contributed by atoms with E-state index < -0.39 is 5.97 Å². The molecule has 0 spiro atoms. The van der Waals surface area contributed by atoms with Gasteiger partial charge in [-0.05, 0) is 97.1 Å². The van der Waals surface area contributed by atoms with E-state index in [-0.39, 0.29) is 5.41 Å². The van der Waals surface area contributed by atoms with Crippen molar-refractivity contribution in [2.24, 2.45) is 17.8 Å². The summed E-state index contributed by atoms with van der Waals surface area (Å²) in [6.07, 6.45) is 7.83. The summed E-state index contributed by atoms with van der Waals surface area (Å²) in [4.78, 5) is 10.6. The van der Waals surface area contributed by atoms with E-state index in [1.54, 1.807) is 0 Å². The normalized spacial score (nSPS) is 29.9. The highest BCUT2D eigenvalue weighted by molar-refractivity contribution is 5.87. The fourth-order valence-electron chi connectivity index (χ4n) is 6.45. The van der Waals surface area contributed by atoms with Gasteiger partial charge in [0.1, 0.15) is 5.75 Å². The molecule has 0 aliphatic heterocycles. The quantitative estimate of drug-likeness (QED) is 0.732. The van der Waals surface area contributed by atoms with E-state index >= 15 is 0 Å². The minimum atomic E-state index is -1.12. The molecule has 28 heavy (non-hydrogen) atoms. The van der Waals surface area contributed by atoms with Crippen molar-refractivity contribution in [3.8, 4) is 28.7 Å². The SMILES string of the molecule is O=C(O)C#Cc1ccc(-c2ccc(O)c(C34CC5CC(CC(C5)C3)C4)c2)cc1. The molecule has 4 aliphatic rings. The molecule has 0 unspecified atom stereocenters. The van der Waals surface area contributed by atoms with Crippen LogP contribution in [0.15, 0.2) is 42.5 Å². The molecule has 3 nitrogen and oxygen atoms in total. The van der Waals surface area contributed by atoms with Gasteiger partial charge >= 0.3 is 5.97 Å². The van der Waals surface area contributed by atoms with Gasteiger partial charge in [0.05, 0.1) is 0 Å². The second-order valence-electron chi connectivity index (χ2n) is 9.06. The molecular weight excluding hydrogens is 348 g/mol. The molecule has 4 aliphatic carbocycles. The van der Waals surface area contributed by atoms with Crippen LogP contribution in [-0.2, 0) is 10.2 Å². The van der Waals surface area contributed by atoms with Crippen LogP contribution in [0, 0.1) is 29.6 Å². The van der Waals surface area contributed by atoms with Crippen LogP contribution in [0.25, 0.3) is 11.1 Å². The van der Waals surface area contributed by atoms with Crippen LogP contribution in [-0.4, -0.2) is 16.2 Å². The van der Waals surface area contributed by atoms with Crippen molar-refractivity contribution in [2.45, 2.75) is 43.9 Å². The van der Waals surface area contributed by atoms with E-state index in [2.05, 4.69) is 17.9 Å². The molecule has 6 rings (SSSR count). The minimum Gasteiger partial charge on any atom is -0.508 e. The number of hydrogen-bond acceptors (Lipinski definition) is 2. The Morgan fingerprint density at radius 3 is 2.04 bits per heavy atom. The summed E-state index contributed by atoms with van der Waals surface area (Å²) >= 11 is 0. The number of carboxylic acids is 1. The summed E-state index contributed by atoms with van der Waals surface area (Å²) in [7, 11) is 0. The molecule has 0 radical (unpaired) electrons. The van der Waals surface area contributed by atoms with Crippen molar-refractivity contribution in [1.29, 1.82) is 0 Å². The van der Waals surface area contributed by atoms with Crippen molar-refractivity contribution in [3.05, 3.63) is 53.6 Å². The number of phenolic OH excluding ortho intramolecular Hbond substituents is 1. The molecule has 0 atom stereocenters. The van der Waals surface area contributed by atoms with Gasteiger partial charge in [-0.15, -0.1) is 0 Å². The predicted octanol–water partition coefficient (Wildman–Crippen LogP) is 4.96. The van der Waals surface area contributed by atoms with Crippen LogP contribution in [0.2, 0.25) is 0 Å². The monoisotopic (exact) mass is 372 g/mol. The number of carboxylic acid groups (broad SMARTS) is 1. The van der Waals surface area contributed by atoms with Gasteiger partial charge in [-0.3, -0.25) is 0 Å². The Morgan fingerprint density at radius 2 is 1.46 bits per heavy atom. The first kappa shape index (κ1) is 17.4. The van der Waals surface area contributed by atoms with Gasteiger partial charge in [-0.1, -0.05) is 24.1 Å². The highest BCUT2D eigenvalue weighted by Gasteiger charge is 2.52.